The standard InChI is InChI=1S/C24H23BF2N2O2/c1-25-13-22(30)28-23(16-7-8-16)24(31)29-14-17(19-12-18(26)9-10-20(19)27)11-21(29)15-5-3-2-4-6-15/h2-6,9-12,16,21,23H,1,7-8,13-14H2,(H,28,30)/t21-,23-/m0/s1. The van der Waals surface area contributed by atoms with Crippen molar-refractivity contribution in [1.82, 2.24) is 10.2 Å². The van der Waals surface area contributed by atoms with Crippen LogP contribution in [0.15, 0.2) is 54.6 Å². The molecule has 2 aromatic rings. The van der Waals surface area contributed by atoms with E-state index in [2.05, 4.69) is 11.8 Å². The van der Waals surface area contributed by atoms with E-state index in [1.165, 1.54) is 6.92 Å². The fraction of sp³-hybridized carbons (Fsp3) is 0.292. The number of carbonyl (C=O) groups excluding carboxylic acids is 2. The van der Waals surface area contributed by atoms with Crippen molar-refractivity contribution in [3.63, 3.8) is 0 Å². The molecule has 1 fully saturated rings. The fourth-order valence-corrected chi connectivity index (χ4v) is 4.03. The molecule has 4 nitrogen and oxygen atoms in total. The molecule has 1 aliphatic carbocycles. The zero-order chi connectivity index (χ0) is 22.0. The van der Waals surface area contributed by atoms with Gasteiger partial charge in [0.25, 0.3) is 0 Å². The zero-order valence-electron chi connectivity index (χ0n) is 17.1. The Morgan fingerprint density at radius 3 is 2.58 bits per heavy atom. The number of amides is 2. The van der Waals surface area contributed by atoms with Crippen LogP contribution in [0.1, 0.15) is 30.0 Å². The van der Waals surface area contributed by atoms with E-state index in [-0.39, 0.29) is 36.2 Å². The molecule has 1 N–H and O–H groups in total. The van der Waals surface area contributed by atoms with Gasteiger partial charge in [0.2, 0.25) is 0 Å². The van der Waals surface area contributed by atoms with Crippen LogP contribution >= 0.6 is 0 Å². The summed E-state index contributed by atoms with van der Waals surface area (Å²) >= 11 is 0. The molecule has 1 aliphatic heterocycles. The first kappa shape index (κ1) is 21.2. The van der Waals surface area contributed by atoms with Gasteiger partial charge in [0.1, 0.15) is 0 Å². The minimum absolute atomic E-state index is 0.0904. The van der Waals surface area contributed by atoms with Gasteiger partial charge in [-0.3, -0.25) is 0 Å². The van der Waals surface area contributed by atoms with Gasteiger partial charge in [-0.2, -0.15) is 0 Å². The summed E-state index contributed by atoms with van der Waals surface area (Å²) in [7, 11) is 0. The van der Waals surface area contributed by atoms with Gasteiger partial charge in [0, 0.05) is 0 Å². The van der Waals surface area contributed by atoms with Crippen molar-refractivity contribution in [2.75, 3.05) is 6.54 Å². The van der Waals surface area contributed by atoms with Crippen molar-refractivity contribution < 1.29 is 18.4 Å². The molecule has 0 bridgehead atoms. The Bertz CT molecular complexity index is 1040. The molecule has 4 rings (SSSR count). The van der Waals surface area contributed by atoms with E-state index in [1.807, 2.05) is 30.3 Å². The predicted octanol–water partition coefficient (Wildman–Crippen LogP) is 3.38. The van der Waals surface area contributed by atoms with Crippen LogP contribution in [0.5, 0.6) is 0 Å². The molecule has 2 amide bonds. The van der Waals surface area contributed by atoms with E-state index in [1.54, 1.807) is 11.0 Å². The second-order valence-electron chi connectivity index (χ2n) is 8.01. The Morgan fingerprint density at radius 1 is 1.16 bits per heavy atom. The number of hydrogen-bond acceptors (Lipinski definition) is 2. The summed E-state index contributed by atoms with van der Waals surface area (Å²) in [6, 6.07) is 11.7. The van der Waals surface area contributed by atoms with Gasteiger partial charge in [-0.05, 0) is 0 Å². The van der Waals surface area contributed by atoms with Gasteiger partial charge >= 0.3 is 180 Å². The molecule has 0 aromatic heterocycles. The van der Waals surface area contributed by atoms with Crippen LogP contribution in [-0.2, 0) is 9.59 Å². The summed E-state index contributed by atoms with van der Waals surface area (Å²) in [6.07, 6.45) is 3.68. The predicted molar refractivity (Wildman–Crippen MR) is 118 cm³/mol. The summed E-state index contributed by atoms with van der Waals surface area (Å²) in [6.45, 7) is 5.21. The zero-order valence-corrected chi connectivity index (χ0v) is 17.1. The van der Waals surface area contributed by atoms with Crippen molar-refractivity contribution in [3.8, 4) is 0 Å². The van der Waals surface area contributed by atoms with Crippen LogP contribution in [0.2, 0.25) is 6.32 Å². The van der Waals surface area contributed by atoms with Crippen LogP contribution in [-0.4, -0.2) is 42.7 Å². The third-order valence-electron chi connectivity index (χ3n) is 5.74. The summed E-state index contributed by atoms with van der Waals surface area (Å²) < 4.78 is 28.3. The minimum atomic E-state index is -0.635. The summed E-state index contributed by atoms with van der Waals surface area (Å²) in [5, 5.41) is 2.85. The molecule has 2 aliphatic rings. The van der Waals surface area contributed by atoms with Gasteiger partial charge in [-0.25, -0.2) is 0 Å². The van der Waals surface area contributed by atoms with Gasteiger partial charge in [-0.15, -0.1) is 0 Å². The second kappa shape index (κ2) is 8.96. The number of rotatable bonds is 7. The maximum absolute atomic E-state index is 14.5. The van der Waals surface area contributed by atoms with Crippen molar-refractivity contribution >= 4 is 30.8 Å². The molecule has 7 heteroatoms. The Kier molecular flexibility index (Phi) is 6.12. The van der Waals surface area contributed by atoms with Crippen molar-refractivity contribution in [3.05, 3.63) is 77.4 Å². The molecule has 0 spiro atoms. The summed E-state index contributed by atoms with van der Waals surface area (Å²) in [5.41, 5.74) is 1.57. The molecule has 1 saturated carbocycles. The molecule has 158 valence electrons. The molecule has 1 heterocycles. The number of hydrogen-bond donors (Lipinski definition) is 1. The number of nitrogens with zero attached hydrogens (tertiary/aromatic N) is 1. The van der Waals surface area contributed by atoms with Gasteiger partial charge in [0.05, 0.1) is 0 Å². The van der Waals surface area contributed by atoms with Crippen molar-refractivity contribution in [2.45, 2.75) is 31.2 Å². The van der Waals surface area contributed by atoms with Gasteiger partial charge in [-0.1, -0.05) is 0 Å². The quantitative estimate of drug-likeness (QED) is 0.699. The van der Waals surface area contributed by atoms with E-state index in [0.717, 1.165) is 36.6 Å². The molecular weight excluding hydrogens is 397 g/mol. The topological polar surface area (TPSA) is 49.4 Å². The summed E-state index contributed by atoms with van der Waals surface area (Å²) in [4.78, 5) is 27.4. The first-order valence-electron chi connectivity index (χ1n) is 10.4. The van der Waals surface area contributed by atoms with E-state index >= 15 is 0 Å². The van der Waals surface area contributed by atoms with E-state index in [0.29, 0.717) is 5.57 Å². The number of carbonyl (C=O) groups is 2. The number of halogens is 2. The van der Waals surface area contributed by atoms with Crippen molar-refractivity contribution in [1.29, 1.82) is 0 Å². The van der Waals surface area contributed by atoms with Gasteiger partial charge in [0.15, 0.2) is 0 Å². The Hall–Kier alpha value is -3.09. The molecule has 2 atom stereocenters. The molecule has 0 radical (unpaired) electrons. The van der Waals surface area contributed by atoms with Crippen LogP contribution in [0.4, 0.5) is 8.78 Å². The maximum atomic E-state index is 14.5. The van der Waals surface area contributed by atoms with Crippen LogP contribution in [0, 0.1) is 17.6 Å². The third kappa shape index (κ3) is 4.65. The first-order valence-corrected chi connectivity index (χ1v) is 10.4. The number of nitrogens with one attached hydrogen (secondary N) is 1. The third-order valence-corrected chi connectivity index (χ3v) is 5.74. The van der Waals surface area contributed by atoms with Crippen LogP contribution < -0.4 is 5.32 Å². The second-order valence-corrected chi connectivity index (χ2v) is 8.01. The normalized spacial score (nSPS) is 18.8. The SMILES string of the molecule is C=BCC(=O)N[C@H](C(=O)N1CC(c2cc(F)ccc2F)=C[C@H]1c1ccccc1)C1CC1. The van der Waals surface area contributed by atoms with E-state index < -0.39 is 23.7 Å². The Balaban J connectivity index is 1.67. The van der Waals surface area contributed by atoms with Crippen molar-refractivity contribution in [2.24, 2.45) is 5.92 Å². The average Bonchev–Trinajstić information content (AvgIpc) is 3.51. The van der Waals surface area contributed by atoms with E-state index in [9.17, 15) is 18.4 Å². The Morgan fingerprint density at radius 2 is 1.90 bits per heavy atom. The molecule has 0 saturated heterocycles. The van der Waals surface area contributed by atoms with Crippen LogP contribution in [0.3, 0.4) is 0 Å². The van der Waals surface area contributed by atoms with Crippen LogP contribution in [0.25, 0.3) is 5.57 Å². The van der Waals surface area contributed by atoms with Gasteiger partial charge < -0.3 is 0 Å². The first-order chi connectivity index (χ1) is 15.0. The number of benzene rings is 2. The molecular formula is C24H23BF2N2O2. The monoisotopic (exact) mass is 420 g/mol. The molecule has 31 heavy (non-hydrogen) atoms. The Labute approximate surface area is 180 Å². The molecule has 0 unspecified atom stereocenters. The summed E-state index contributed by atoms with van der Waals surface area (Å²) in [5.74, 6) is -1.44. The molecule has 2 aromatic carbocycles. The van der Waals surface area contributed by atoms with E-state index in [4.69, 9.17) is 0 Å². The average molecular weight is 420 g/mol. The fourth-order valence-electron chi connectivity index (χ4n) is 4.03.